The molecule has 0 fully saturated rings. The predicted octanol–water partition coefficient (Wildman–Crippen LogP) is 6.45. The van der Waals surface area contributed by atoms with E-state index in [9.17, 15) is 9.59 Å². The van der Waals surface area contributed by atoms with Crippen molar-refractivity contribution >= 4 is 35.2 Å². The number of hydrogen-bond donors (Lipinski definition) is 2. The normalized spacial score (nSPS) is 11.0. The molecule has 36 heavy (non-hydrogen) atoms. The Morgan fingerprint density at radius 3 is 2.33 bits per heavy atom. The molecule has 1 heterocycles. The maximum absolute atomic E-state index is 13.3. The summed E-state index contributed by atoms with van der Waals surface area (Å²) in [4.78, 5) is 26.2. The number of furan rings is 1. The minimum atomic E-state index is -0.589. The second kappa shape index (κ2) is 11.3. The lowest BCUT2D eigenvalue weighted by molar-refractivity contribution is -0.113. The maximum atomic E-state index is 13.3. The molecular formula is C28H23ClN2O5. The van der Waals surface area contributed by atoms with Crippen molar-refractivity contribution in [1.82, 2.24) is 5.32 Å². The van der Waals surface area contributed by atoms with Crippen LogP contribution in [0.25, 0.3) is 6.08 Å². The van der Waals surface area contributed by atoms with Gasteiger partial charge in [-0.2, -0.15) is 0 Å². The number of halogens is 1. The van der Waals surface area contributed by atoms with Gasteiger partial charge in [-0.05, 0) is 73.7 Å². The van der Waals surface area contributed by atoms with Crippen molar-refractivity contribution in [3.8, 4) is 17.2 Å². The fourth-order valence-corrected chi connectivity index (χ4v) is 3.39. The Morgan fingerprint density at radius 2 is 1.67 bits per heavy atom. The molecule has 0 atom stereocenters. The number of anilines is 1. The molecule has 3 aromatic carbocycles. The largest absolute Gasteiger partial charge is 0.497 e. The highest BCUT2D eigenvalue weighted by Crippen LogP contribution is 2.33. The van der Waals surface area contributed by atoms with E-state index < -0.39 is 11.8 Å². The number of benzene rings is 3. The lowest BCUT2D eigenvalue weighted by Gasteiger charge is -2.15. The number of carbonyl (C=O) groups is 2. The van der Waals surface area contributed by atoms with Crippen LogP contribution < -0.4 is 20.1 Å². The average molecular weight is 503 g/mol. The molecule has 0 spiro atoms. The number of rotatable bonds is 8. The first-order valence-corrected chi connectivity index (χ1v) is 11.3. The first-order valence-electron chi connectivity index (χ1n) is 11.0. The van der Waals surface area contributed by atoms with Crippen LogP contribution in [-0.4, -0.2) is 18.9 Å². The van der Waals surface area contributed by atoms with Gasteiger partial charge in [0.05, 0.1) is 19.1 Å². The van der Waals surface area contributed by atoms with Gasteiger partial charge in [-0.25, -0.2) is 0 Å². The molecule has 0 aliphatic carbocycles. The second-order valence-electron chi connectivity index (χ2n) is 7.77. The Bertz CT molecular complexity index is 1380. The Balaban J connectivity index is 1.59. The molecule has 4 rings (SSSR count). The summed E-state index contributed by atoms with van der Waals surface area (Å²) in [6, 6.07) is 22.2. The smallest absolute Gasteiger partial charge is 0.272 e. The number of nitrogens with one attached hydrogen (secondary N) is 2. The quantitative estimate of drug-likeness (QED) is 0.270. The van der Waals surface area contributed by atoms with Crippen LogP contribution in [0.4, 0.5) is 5.69 Å². The molecule has 0 saturated heterocycles. The van der Waals surface area contributed by atoms with Gasteiger partial charge in [0.1, 0.15) is 23.0 Å². The van der Waals surface area contributed by atoms with Crippen molar-refractivity contribution in [2.45, 2.75) is 6.92 Å². The van der Waals surface area contributed by atoms with Crippen molar-refractivity contribution in [3.05, 3.63) is 113 Å². The van der Waals surface area contributed by atoms with Gasteiger partial charge in [-0.1, -0.05) is 29.3 Å². The van der Waals surface area contributed by atoms with Gasteiger partial charge < -0.3 is 24.5 Å². The van der Waals surface area contributed by atoms with Crippen LogP contribution in [0, 0.1) is 6.92 Å². The summed E-state index contributed by atoms with van der Waals surface area (Å²) in [5.41, 5.74) is 1.72. The van der Waals surface area contributed by atoms with Gasteiger partial charge in [0, 0.05) is 16.7 Å². The third-order valence-electron chi connectivity index (χ3n) is 5.11. The number of ether oxygens (including phenoxy) is 2. The van der Waals surface area contributed by atoms with Crippen molar-refractivity contribution in [3.63, 3.8) is 0 Å². The van der Waals surface area contributed by atoms with Crippen LogP contribution in [0.1, 0.15) is 21.7 Å². The van der Waals surface area contributed by atoms with E-state index in [1.54, 1.807) is 73.8 Å². The summed E-state index contributed by atoms with van der Waals surface area (Å²) in [5, 5.41) is 5.84. The van der Waals surface area contributed by atoms with E-state index in [1.807, 2.05) is 19.1 Å². The molecule has 0 aliphatic heterocycles. The maximum Gasteiger partial charge on any atom is 0.272 e. The summed E-state index contributed by atoms with van der Waals surface area (Å²) in [6.07, 6.45) is 2.91. The van der Waals surface area contributed by atoms with E-state index in [-0.39, 0.29) is 5.70 Å². The highest BCUT2D eigenvalue weighted by atomic mass is 35.5. The first kappa shape index (κ1) is 24.6. The van der Waals surface area contributed by atoms with Crippen LogP contribution in [0.5, 0.6) is 17.2 Å². The predicted molar refractivity (Wildman–Crippen MR) is 138 cm³/mol. The molecule has 8 heteroatoms. The number of methoxy groups -OCH3 is 1. The fourth-order valence-electron chi connectivity index (χ4n) is 3.22. The minimum Gasteiger partial charge on any atom is -0.497 e. The number of amides is 2. The third kappa shape index (κ3) is 6.34. The van der Waals surface area contributed by atoms with Crippen LogP contribution in [0.15, 0.2) is 95.2 Å². The molecule has 0 unspecified atom stereocenters. The summed E-state index contributed by atoms with van der Waals surface area (Å²) in [5.74, 6) is 0.944. The highest BCUT2D eigenvalue weighted by Gasteiger charge is 2.18. The number of carbonyl (C=O) groups excluding carboxylic acids is 2. The van der Waals surface area contributed by atoms with Crippen LogP contribution in [0.3, 0.4) is 0 Å². The monoisotopic (exact) mass is 502 g/mol. The van der Waals surface area contributed by atoms with Crippen LogP contribution in [0.2, 0.25) is 5.02 Å². The number of hydrogen-bond acceptors (Lipinski definition) is 5. The van der Waals surface area contributed by atoms with E-state index in [0.29, 0.717) is 39.3 Å². The Labute approximate surface area is 213 Å². The average Bonchev–Trinajstić information content (AvgIpc) is 3.39. The van der Waals surface area contributed by atoms with Gasteiger partial charge in [0.2, 0.25) is 0 Å². The fraction of sp³-hybridized carbons (Fsp3) is 0.0714. The Hall–Kier alpha value is -4.49. The molecule has 0 aliphatic rings. The topological polar surface area (TPSA) is 89.8 Å². The third-order valence-corrected chi connectivity index (χ3v) is 5.35. The van der Waals surface area contributed by atoms with Crippen molar-refractivity contribution in [2.75, 3.05) is 12.4 Å². The van der Waals surface area contributed by atoms with E-state index >= 15 is 0 Å². The molecule has 0 saturated carbocycles. The van der Waals surface area contributed by atoms with E-state index in [2.05, 4.69) is 10.6 Å². The Morgan fingerprint density at radius 1 is 0.944 bits per heavy atom. The SMILES string of the molecule is COc1ccc(Oc2ccc(Cl)cc2NC(=O)/C(=C/c2ccco2)NC(=O)c2ccc(C)cc2)cc1. The molecule has 2 amide bonds. The lowest BCUT2D eigenvalue weighted by atomic mass is 10.1. The van der Waals surface area contributed by atoms with Gasteiger partial charge in [0.15, 0.2) is 5.75 Å². The molecule has 0 bridgehead atoms. The lowest BCUT2D eigenvalue weighted by Crippen LogP contribution is -2.30. The molecular weight excluding hydrogens is 480 g/mol. The van der Waals surface area contributed by atoms with Crippen LogP contribution >= 0.6 is 11.6 Å². The zero-order valence-corrected chi connectivity index (χ0v) is 20.3. The summed E-state index contributed by atoms with van der Waals surface area (Å²) in [6.45, 7) is 1.92. The molecule has 1 aromatic heterocycles. The van der Waals surface area contributed by atoms with Crippen molar-refractivity contribution in [1.29, 1.82) is 0 Å². The van der Waals surface area contributed by atoms with Gasteiger partial charge in [-0.15, -0.1) is 0 Å². The van der Waals surface area contributed by atoms with Crippen molar-refractivity contribution < 1.29 is 23.5 Å². The number of aryl methyl sites for hydroxylation is 1. The molecule has 182 valence electrons. The van der Waals surface area contributed by atoms with Gasteiger partial charge in [0.25, 0.3) is 11.8 Å². The zero-order valence-electron chi connectivity index (χ0n) is 19.6. The summed E-state index contributed by atoms with van der Waals surface area (Å²) < 4.78 is 16.5. The summed E-state index contributed by atoms with van der Waals surface area (Å²) in [7, 11) is 1.58. The van der Waals surface area contributed by atoms with Gasteiger partial charge >= 0.3 is 0 Å². The molecule has 7 nitrogen and oxygen atoms in total. The molecule has 0 radical (unpaired) electrons. The zero-order chi connectivity index (χ0) is 25.5. The molecule has 2 N–H and O–H groups in total. The summed E-state index contributed by atoms with van der Waals surface area (Å²) >= 11 is 6.19. The van der Waals surface area contributed by atoms with E-state index in [1.165, 1.54) is 12.3 Å². The highest BCUT2D eigenvalue weighted by molar-refractivity contribution is 6.31. The minimum absolute atomic E-state index is 0.0223. The first-order chi connectivity index (χ1) is 17.4. The van der Waals surface area contributed by atoms with Gasteiger partial charge in [-0.3, -0.25) is 9.59 Å². The Kier molecular flexibility index (Phi) is 7.72. The van der Waals surface area contributed by atoms with E-state index in [0.717, 1.165) is 5.56 Å². The van der Waals surface area contributed by atoms with E-state index in [4.69, 9.17) is 25.5 Å². The van der Waals surface area contributed by atoms with Crippen molar-refractivity contribution in [2.24, 2.45) is 0 Å². The standard InChI is InChI=1S/C28H23ClN2O5/c1-18-5-7-19(8-6-18)27(32)31-25(17-23-4-3-15-35-23)28(33)30-24-16-20(29)9-14-26(24)36-22-12-10-21(34-2)11-13-22/h3-17H,1-2H3,(H,30,33)(H,31,32)/b25-17-. The second-order valence-corrected chi connectivity index (χ2v) is 8.20. The van der Waals surface area contributed by atoms with Crippen LogP contribution in [-0.2, 0) is 4.79 Å². The molecule has 4 aromatic rings.